The third-order valence-corrected chi connectivity index (χ3v) is 8.67. The van der Waals surface area contributed by atoms with Crippen LogP contribution in [0.1, 0.15) is 59.3 Å². The minimum Gasteiger partial charge on any atom is -0.450 e. The van der Waals surface area contributed by atoms with E-state index in [9.17, 15) is 18.0 Å². The average Bonchev–Trinajstić information content (AvgIpc) is 2.96. The van der Waals surface area contributed by atoms with Gasteiger partial charge in [-0.25, -0.2) is 17.5 Å². The number of rotatable bonds is 7. The summed E-state index contributed by atoms with van der Waals surface area (Å²) in [6.07, 6.45) is 5.22. The van der Waals surface area contributed by atoms with Crippen molar-refractivity contribution >= 4 is 21.9 Å². The van der Waals surface area contributed by atoms with Crippen LogP contribution in [0.3, 0.4) is 0 Å². The van der Waals surface area contributed by atoms with Gasteiger partial charge in [0.05, 0.1) is 11.3 Å². The van der Waals surface area contributed by atoms with Crippen LogP contribution in [0.4, 0.5) is 0 Å². The largest absolute Gasteiger partial charge is 0.450 e. The predicted octanol–water partition coefficient (Wildman–Crippen LogP) is 1.42. The number of carbonyl (C=O) groups is 2. The van der Waals surface area contributed by atoms with Crippen molar-refractivity contribution in [2.75, 3.05) is 38.5 Å². The molecule has 0 saturated carbocycles. The van der Waals surface area contributed by atoms with Crippen LogP contribution in [0.25, 0.3) is 0 Å². The molecule has 2 fully saturated rings. The van der Waals surface area contributed by atoms with Gasteiger partial charge in [0.15, 0.2) is 0 Å². The van der Waals surface area contributed by atoms with Crippen molar-refractivity contribution in [3.05, 3.63) is 11.1 Å². The van der Waals surface area contributed by atoms with Crippen LogP contribution in [0.15, 0.2) is 11.1 Å². The first-order valence-electron chi connectivity index (χ1n) is 11.1. The summed E-state index contributed by atoms with van der Waals surface area (Å²) in [7, 11) is -3.29. The van der Waals surface area contributed by atoms with Gasteiger partial charge in [-0.05, 0) is 46.6 Å². The van der Waals surface area contributed by atoms with Crippen LogP contribution < -0.4 is 5.32 Å². The summed E-state index contributed by atoms with van der Waals surface area (Å²) in [5.41, 5.74) is -0.289. The molecule has 1 amide bonds. The number of likely N-dealkylation sites (tertiary alicyclic amines) is 1. The van der Waals surface area contributed by atoms with Gasteiger partial charge in [0, 0.05) is 50.6 Å². The summed E-state index contributed by atoms with van der Waals surface area (Å²) in [4.78, 5) is 27.7. The molecule has 170 valence electrons. The number of amides is 1. The highest BCUT2D eigenvalue weighted by Crippen LogP contribution is 2.41. The van der Waals surface area contributed by atoms with E-state index in [-0.39, 0.29) is 24.7 Å². The SMILES string of the molecule is CCS(=O)(=O)N1CCC2(CC1)OC(=O)C(C)=C2C(=O)NCCCN1CCCCC1C. The first kappa shape index (κ1) is 23.2. The van der Waals surface area contributed by atoms with Crippen molar-refractivity contribution in [2.24, 2.45) is 0 Å². The van der Waals surface area contributed by atoms with E-state index in [1.165, 1.54) is 23.6 Å². The summed E-state index contributed by atoms with van der Waals surface area (Å²) in [6, 6.07) is 0.591. The minimum absolute atomic E-state index is 0.0393. The Morgan fingerprint density at radius 2 is 1.93 bits per heavy atom. The van der Waals surface area contributed by atoms with Crippen LogP contribution in [0, 0.1) is 0 Å². The number of sulfonamides is 1. The van der Waals surface area contributed by atoms with Crippen LogP contribution in [0.2, 0.25) is 0 Å². The highest BCUT2D eigenvalue weighted by molar-refractivity contribution is 7.89. The van der Waals surface area contributed by atoms with E-state index in [0.717, 1.165) is 19.5 Å². The van der Waals surface area contributed by atoms with E-state index in [1.807, 2.05) is 0 Å². The first-order valence-corrected chi connectivity index (χ1v) is 12.8. The zero-order valence-electron chi connectivity index (χ0n) is 18.4. The molecule has 9 heteroatoms. The normalized spacial score (nSPS) is 25.6. The average molecular weight is 442 g/mol. The Morgan fingerprint density at radius 1 is 1.23 bits per heavy atom. The molecule has 0 aromatic carbocycles. The Hall–Kier alpha value is -1.45. The first-order chi connectivity index (χ1) is 14.2. The fourth-order valence-electron chi connectivity index (χ4n) is 4.85. The van der Waals surface area contributed by atoms with E-state index in [2.05, 4.69) is 17.1 Å². The lowest BCUT2D eigenvalue weighted by atomic mass is 9.83. The van der Waals surface area contributed by atoms with E-state index in [1.54, 1.807) is 13.8 Å². The maximum absolute atomic E-state index is 13.0. The van der Waals surface area contributed by atoms with Gasteiger partial charge >= 0.3 is 5.97 Å². The van der Waals surface area contributed by atoms with Crippen molar-refractivity contribution in [3.63, 3.8) is 0 Å². The van der Waals surface area contributed by atoms with Gasteiger partial charge < -0.3 is 15.0 Å². The second-order valence-corrected chi connectivity index (χ2v) is 10.9. The number of hydrogen-bond acceptors (Lipinski definition) is 6. The van der Waals surface area contributed by atoms with Gasteiger partial charge in [-0.1, -0.05) is 6.42 Å². The molecular weight excluding hydrogens is 406 g/mol. The molecule has 3 heterocycles. The number of hydrogen-bond donors (Lipinski definition) is 1. The summed E-state index contributed by atoms with van der Waals surface area (Å²) < 4.78 is 31.4. The van der Waals surface area contributed by atoms with Crippen LogP contribution in [-0.4, -0.2) is 79.6 Å². The molecule has 0 radical (unpaired) electrons. The molecule has 1 N–H and O–H groups in total. The van der Waals surface area contributed by atoms with Crippen molar-refractivity contribution in [2.45, 2.75) is 70.9 Å². The number of nitrogens with one attached hydrogen (secondary N) is 1. The second kappa shape index (κ2) is 9.36. The summed E-state index contributed by atoms with van der Waals surface area (Å²) in [5.74, 6) is -0.705. The van der Waals surface area contributed by atoms with Crippen LogP contribution in [-0.2, 0) is 24.3 Å². The van der Waals surface area contributed by atoms with Crippen molar-refractivity contribution in [3.8, 4) is 0 Å². The van der Waals surface area contributed by atoms with E-state index in [4.69, 9.17) is 4.74 Å². The molecule has 30 heavy (non-hydrogen) atoms. The predicted molar refractivity (Wildman–Crippen MR) is 114 cm³/mol. The Labute approximate surface area is 180 Å². The van der Waals surface area contributed by atoms with Gasteiger partial charge in [0.25, 0.3) is 5.91 Å². The summed E-state index contributed by atoms with van der Waals surface area (Å²) in [6.45, 7) is 8.59. The Balaban J connectivity index is 1.59. The highest BCUT2D eigenvalue weighted by Gasteiger charge is 2.51. The minimum atomic E-state index is -3.29. The molecule has 3 rings (SSSR count). The molecule has 2 saturated heterocycles. The van der Waals surface area contributed by atoms with Gasteiger partial charge in [0.1, 0.15) is 5.60 Å². The number of nitrogens with zero attached hydrogens (tertiary/aromatic N) is 2. The summed E-state index contributed by atoms with van der Waals surface area (Å²) >= 11 is 0. The van der Waals surface area contributed by atoms with E-state index in [0.29, 0.717) is 36.6 Å². The molecule has 0 aromatic rings. The van der Waals surface area contributed by atoms with Gasteiger partial charge in [-0.15, -0.1) is 0 Å². The van der Waals surface area contributed by atoms with Gasteiger partial charge in [-0.3, -0.25) is 4.79 Å². The highest BCUT2D eigenvalue weighted by atomic mass is 32.2. The van der Waals surface area contributed by atoms with Crippen molar-refractivity contribution in [1.29, 1.82) is 0 Å². The monoisotopic (exact) mass is 441 g/mol. The maximum Gasteiger partial charge on any atom is 0.335 e. The molecule has 3 aliphatic heterocycles. The quantitative estimate of drug-likeness (QED) is 0.474. The molecule has 1 unspecified atom stereocenters. The van der Waals surface area contributed by atoms with Crippen LogP contribution >= 0.6 is 0 Å². The van der Waals surface area contributed by atoms with E-state index < -0.39 is 21.6 Å². The molecule has 3 aliphatic rings. The zero-order valence-corrected chi connectivity index (χ0v) is 19.2. The zero-order chi connectivity index (χ0) is 21.9. The number of carbonyl (C=O) groups excluding carboxylic acids is 2. The lowest BCUT2D eigenvalue weighted by Gasteiger charge is -2.38. The molecule has 1 atom stereocenters. The standard InChI is InChI=1S/C21H35N3O5S/c1-4-30(27,28)24-14-9-21(10-15-24)18(17(3)20(26)29-21)19(25)22-11-7-13-23-12-6-5-8-16(23)2/h16H,4-15H2,1-3H3,(H,22,25). The fourth-order valence-corrected chi connectivity index (χ4v) is 5.95. The smallest absolute Gasteiger partial charge is 0.335 e. The van der Waals surface area contributed by atoms with Crippen molar-refractivity contribution in [1.82, 2.24) is 14.5 Å². The third kappa shape index (κ3) is 4.73. The number of esters is 1. The van der Waals surface area contributed by atoms with Crippen LogP contribution in [0.5, 0.6) is 0 Å². The third-order valence-electron chi connectivity index (χ3n) is 6.79. The lowest BCUT2D eigenvalue weighted by molar-refractivity contribution is -0.150. The second-order valence-electron chi connectivity index (χ2n) is 8.67. The maximum atomic E-state index is 13.0. The molecule has 0 aromatic heterocycles. The van der Waals surface area contributed by atoms with Gasteiger partial charge in [-0.2, -0.15) is 0 Å². The lowest BCUT2D eigenvalue weighted by Crippen LogP contribution is -2.50. The van der Waals surface area contributed by atoms with Gasteiger partial charge in [0.2, 0.25) is 10.0 Å². The number of ether oxygens (including phenoxy) is 1. The molecule has 1 spiro atoms. The number of piperidine rings is 2. The Kier molecular flexibility index (Phi) is 7.24. The topological polar surface area (TPSA) is 96.0 Å². The molecule has 0 bridgehead atoms. The van der Waals surface area contributed by atoms with E-state index >= 15 is 0 Å². The van der Waals surface area contributed by atoms with Crippen molar-refractivity contribution < 1.29 is 22.7 Å². The summed E-state index contributed by atoms with van der Waals surface area (Å²) in [5, 5.41) is 2.97. The molecule has 8 nitrogen and oxygen atoms in total. The Morgan fingerprint density at radius 3 is 2.57 bits per heavy atom. The fraction of sp³-hybridized carbons (Fsp3) is 0.810. The Bertz CT molecular complexity index is 799. The molecular formula is C21H35N3O5S. The molecule has 0 aliphatic carbocycles.